The molecule has 2 fully saturated rings. The lowest BCUT2D eigenvalue weighted by Gasteiger charge is -2.44. The van der Waals surface area contributed by atoms with E-state index < -0.39 is 0 Å². The molecule has 1 heterocycles. The monoisotopic (exact) mass is 283 g/mol. The van der Waals surface area contributed by atoms with Gasteiger partial charge in [-0.05, 0) is 55.2 Å². The summed E-state index contributed by atoms with van der Waals surface area (Å²) in [6.45, 7) is 1.25. The Balaban J connectivity index is 1.56. The fourth-order valence-electron chi connectivity index (χ4n) is 5.35. The number of hydrogen-bond acceptors (Lipinski definition) is 1. The second-order valence-corrected chi connectivity index (χ2v) is 7.61. The van der Waals surface area contributed by atoms with E-state index in [-0.39, 0.29) is 0 Å². The molecule has 0 radical (unpaired) electrons. The molecule has 1 saturated carbocycles. The molecule has 1 saturated heterocycles. The number of piperidine rings is 1. The molecular weight excluding hydrogens is 254 g/mol. The molecule has 1 aliphatic heterocycles. The topological polar surface area (TPSA) is 12.0 Å². The highest BCUT2D eigenvalue weighted by Crippen LogP contribution is 2.44. The highest BCUT2D eigenvalue weighted by Gasteiger charge is 2.38. The first-order valence-corrected chi connectivity index (χ1v) is 9.23. The van der Waals surface area contributed by atoms with Gasteiger partial charge in [0.05, 0.1) is 0 Å². The normalized spacial score (nSPS) is 33.2. The second kappa shape index (κ2) is 6.12. The Morgan fingerprint density at radius 3 is 2.71 bits per heavy atom. The summed E-state index contributed by atoms with van der Waals surface area (Å²) >= 11 is 0. The molecule has 21 heavy (non-hydrogen) atoms. The molecule has 0 aromatic heterocycles. The maximum absolute atomic E-state index is 3.83. The predicted octanol–water partition coefficient (Wildman–Crippen LogP) is 4.66. The van der Waals surface area contributed by atoms with Gasteiger partial charge in [-0.2, -0.15) is 0 Å². The van der Waals surface area contributed by atoms with Crippen LogP contribution >= 0.6 is 0 Å². The standard InChI is InChI=1S/C20H29N/c1-2-6-15(7-3-1)14-17-12-13-21-19-11-10-16-8-4-5-9-18(16)20(17)19/h4-5,8-9,15,17,19-21H,1-3,6-7,10-14H2. The van der Waals surface area contributed by atoms with Crippen molar-refractivity contribution in [1.29, 1.82) is 0 Å². The number of nitrogens with one attached hydrogen (secondary N) is 1. The van der Waals surface area contributed by atoms with E-state index in [0.717, 1.165) is 23.8 Å². The zero-order valence-corrected chi connectivity index (χ0v) is 13.2. The van der Waals surface area contributed by atoms with Gasteiger partial charge in [-0.15, -0.1) is 0 Å². The molecule has 114 valence electrons. The van der Waals surface area contributed by atoms with Crippen LogP contribution in [0, 0.1) is 11.8 Å². The summed E-state index contributed by atoms with van der Waals surface area (Å²) < 4.78 is 0. The predicted molar refractivity (Wildman–Crippen MR) is 88.6 cm³/mol. The lowest BCUT2D eigenvalue weighted by atomic mass is 9.66. The molecule has 3 unspecified atom stereocenters. The first kappa shape index (κ1) is 13.8. The maximum Gasteiger partial charge on any atom is 0.0142 e. The molecule has 1 nitrogen and oxygen atoms in total. The zero-order valence-electron chi connectivity index (χ0n) is 13.2. The summed E-state index contributed by atoms with van der Waals surface area (Å²) in [7, 11) is 0. The fraction of sp³-hybridized carbons (Fsp3) is 0.700. The number of benzene rings is 1. The SMILES string of the molecule is c1ccc2c(c1)CCC1NCCC(CC3CCCCC3)C21. The van der Waals surface area contributed by atoms with Crippen LogP contribution in [0.1, 0.15) is 68.4 Å². The first-order valence-electron chi connectivity index (χ1n) is 9.23. The van der Waals surface area contributed by atoms with Crippen molar-refractivity contribution in [3.05, 3.63) is 35.4 Å². The Kier molecular flexibility index (Phi) is 4.03. The van der Waals surface area contributed by atoms with Gasteiger partial charge in [0.2, 0.25) is 0 Å². The van der Waals surface area contributed by atoms with Crippen LogP contribution < -0.4 is 5.32 Å². The van der Waals surface area contributed by atoms with Crippen molar-refractivity contribution in [2.24, 2.45) is 11.8 Å². The van der Waals surface area contributed by atoms with E-state index in [4.69, 9.17) is 0 Å². The minimum atomic E-state index is 0.752. The smallest absolute Gasteiger partial charge is 0.0142 e. The van der Waals surface area contributed by atoms with Crippen molar-refractivity contribution in [3.63, 3.8) is 0 Å². The summed E-state index contributed by atoms with van der Waals surface area (Å²) in [6.07, 6.45) is 13.0. The van der Waals surface area contributed by atoms with Gasteiger partial charge >= 0.3 is 0 Å². The number of rotatable bonds is 2. The summed E-state index contributed by atoms with van der Waals surface area (Å²) in [5, 5.41) is 3.83. The van der Waals surface area contributed by atoms with Gasteiger partial charge in [0.25, 0.3) is 0 Å². The quantitative estimate of drug-likeness (QED) is 0.832. The van der Waals surface area contributed by atoms with E-state index >= 15 is 0 Å². The molecule has 0 amide bonds. The van der Waals surface area contributed by atoms with Crippen LogP contribution in [0.5, 0.6) is 0 Å². The van der Waals surface area contributed by atoms with Crippen molar-refractivity contribution in [2.45, 2.75) is 69.7 Å². The third kappa shape index (κ3) is 2.77. The van der Waals surface area contributed by atoms with E-state index in [0.29, 0.717) is 0 Å². The van der Waals surface area contributed by atoms with Crippen molar-refractivity contribution in [2.75, 3.05) is 6.54 Å². The highest BCUT2D eigenvalue weighted by atomic mass is 14.9. The van der Waals surface area contributed by atoms with Gasteiger partial charge in [0.1, 0.15) is 0 Å². The number of aryl methyl sites for hydroxylation is 1. The minimum Gasteiger partial charge on any atom is -0.313 e. The Bertz CT molecular complexity index is 474. The molecular formula is C20H29N. The Morgan fingerprint density at radius 1 is 0.952 bits per heavy atom. The average Bonchev–Trinajstić information content (AvgIpc) is 2.56. The lowest BCUT2D eigenvalue weighted by Crippen LogP contribution is -2.47. The first-order chi connectivity index (χ1) is 10.4. The van der Waals surface area contributed by atoms with E-state index in [1.165, 1.54) is 64.3 Å². The van der Waals surface area contributed by atoms with Crippen molar-refractivity contribution >= 4 is 0 Å². The van der Waals surface area contributed by atoms with Crippen molar-refractivity contribution in [1.82, 2.24) is 5.32 Å². The van der Waals surface area contributed by atoms with Crippen molar-refractivity contribution < 1.29 is 0 Å². The summed E-state index contributed by atoms with van der Waals surface area (Å²) in [5.74, 6) is 2.75. The van der Waals surface area contributed by atoms with Crippen LogP contribution in [0.4, 0.5) is 0 Å². The molecule has 1 aromatic carbocycles. The summed E-state index contributed by atoms with van der Waals surface area (Å²) in [5.41, 5.74) is 3.32. The fourth-order valence-corrected chi connectivity index (χ4v) is 5.35. The second-order valence-electron chi connectivity index (χ2n) is 7.61. The molecule has 3 atom stereocenters. The third-order valence-electron chi connectivity index (χ3n) is 6.36. The molecule has 1 N–H and O–H groups in total. The van der Waals surface area contributed by atoms with Crippen LogP contribution in [-0.2, 0) is 6.42 Å². The lowest BCUT2D eigenvalue weighted by molar-refractivity contribution is 0.182. The van der Waals surface area contributed by atoms with E-state index in [1.54, 1.807) is 11.1 Å². The molecule has 3 aliphatic rings. The molecule has 0 spiro atoms. The van der Waals surface area contributed by atoms with E-state index in [1.807, 2.05) is 0 Å². The van der Waals surface area contributed by atoms with Gasteiger partial charge in [-0.3, -0.25) is 0 Å². The van der Waals surface area contributed by atoms with E-state index in [2.05, 4.69) is 29.6 Å². The molecule has 4 rings (SSSR count). The largest absolute Gasteiger partial charge is 0.313 e. The number of hydrogen-bond donors (Lipinski definition) is 1. The Labute approximate surface area is 129 Å². The minimum absolute atomic E-state index is 0.752. The van der Waals surface area contributed by atoms with Crippen LogP contribution in [-0.4, -0.2) is 12.6 Å². The molecule has 1 heteroatoms. The summed E-state index contributed by atoms with van der Waals surface area (Å²) in [6, 6.07) is 10.0. The Morgan fingerprint density at radius 2 is 1.81 bits per heavy atom. The average molecular weight is 283 g/mol. The molecule has 1 aromatic rings. The van der Waals surface area contributed by atoms with Crippen LogP contribution in [0.15, 0.2) is 24.3 Å². The zero-order chi connectivity index (χ0) is 14.1. The van der Waals surface area contributed by atoms with Crippen LogP contribution in [0.2, 0.25) is 0 Å². The third-order valence-corrected chi connectivity index (χ3v) is 6.36. The van der Waals surface area contributed by atoms with Crippen molar-refractivity contribution in [3.8, 4) is 0 Å². The number of fused-ring (bicyclic) bond motifs is 3. The van der Waals surface area contributed by atoms with Gasteiger partial charge in [-0.1, -0.05) is 56.4 Å². The van der Waals surface area contributed by atoms with Crippen LogP contribution in [0.25, 0.3) is 0 Å². The maximum atomic E-state index is 3.83. The van der Waals surface area contributed by atoms with Gasteiger partial charge in [0.15, 0.2) is 0 Å². The van der Waals surface area contributed by atoms with Crippen LogP contribution in [0.3, 0.4) is 0 Å². The highest BCUT2D eigenvalue weighted by molar-refractivity contribution is 5.35. The molecule has 0 bridgehead atoms. The van der Waals surface area contributed by atoms with Gasteiger partial charge < -0.3 is 5.32 Å². The van der Waals surface area contributed by atoms with Gasteiger partial charge in [-0.25, -0.2) is 0 Å². The summed E-state index contributed by atoms with van der Waals surface area (Å²) in [4.78, 5) is 0. The van der Waals surface area contributed by atoms with Gasteiger partial charge in [0, 0.05) is 12.0 Å². The molecule has 2 aliphatic carbocycles. The van der Waals surface area contributed by atoms with E-state index in [9.17, 15) is 0 Å². The Hall–Kier alpha value is -0.820.